The van der Waals surface area contributed by atoms with E-state index in [9.17, 15) is 5.21 Å². The van der Waals surface area contributed by atoms with E-state index in [0.29, 0.717) is 17.1 Å². The van der Waals surface area contributed by atoms with Gasteiger partial charge in [0.15, 0.2) is 0 Å². The molecule has 0 fully saturated rings. The largest absolute Gasteiger partial charge is 0.423 e. The van der Waals surface area contributed by atoms with Gasteiger partial charge in [0.1, 0.15) is 11.6 Å². The first-order valence-corrected chi connectivity index (χ1v) is 6.53. The predicted molar refractivity (Wildman–Crippen MR) is 97.3 cm³/mol. The monoisotopic (exact) mass is 374 g/mol. The molecule has 3 heterocycles. The minimum atomic E-state index is -0.294. The van der Waals surface area contributed by atoms with Gasteiger partial charge >= 0.3 is 0 Å². The molecule has 2 aliphatic rings. The molecule has 2 aliphatic heterocycles. The van der Waals surface area contributed by atoms with Gasteiger partial charge in [-0.3, -0.25) is 5.41 Å². The maximum Gasteiger partial charge on any atom is 0.259 e. The van der Waals surface area contributed by atoms with Gasteiger partial charge < -0.3 is 26.2 Å². The predicted octanol–water partition coefficient (Wildman–Crippen LogP) is 0.804. The Kier molecular flexibility index (Phi) is 8.11. The van der Waals surface area contributed by atoms with Gasteiger partial charge in [-0.15, -0.1) is 29.5 Å². The standard InChI is InChI=1S/C14H16N6O.2ClH.H2O/c15-12-10-13(17-14(16)20(12)21)19-8-4-11(5-9-19)18-6-2-1-3-7-18;;;/h1-6,8,10,16,21H,7,9,15H2;2*1H;1H2. The number of nitrogens with one attached hydrogen (secondary N) is 1. The van der Waals surface area contributed by atoms with Crippen LogP contribution in [0.2, 0.25) is 0 Å². The number of aromatic nitrogens is 2. The zero-order valence-electron chi connectivity index (χ0n) is 12.7. The molecule has 132 valence electrons. The molecule has 0 unspecified atom stereocenters. The van der Waals surface area contributed by atoms with Crippen molar-refractivity contribution in [1.29, 1.82) is 5.41 Å². The Morgan fingerprint density at radius 3 is 2.42 bits per heavy atom. The number of nitrogens with zero attached hydrogens (tertiary/aromatic N) is 4. The Morgan fingerprint density at radius 1 is 1.12 bits per heavy atom. The molecular weight excluding hydrogens is 355 g/mol. The molecule has 1 aromatic heterocycles. The van der Waals surface area contributed by atoms with Crippen molar-refractivity contribution in [2.75, 3.05) is 23.7 Å². The first-order chi connectivity index (χ1) is 10.1. The second-order valence-electron chi connectivity index (χ2n) is 4.69. The number of allylic oxidation sites excluding steroid dienone is 3. The van der Waals surface area contributed by atoms with Crippen LogP contribution in [0.25, 0.3) is 0 Å². The van der Waals surface area contributed by atoms with Gasteiger partial charge in [-0.1, -0.05) is 12.2 Å². The molecule has 0 spiro atoms. The molecule has 0 bridgehead atoms. The Hall–Kier alpha value is -2.42. The summed E-state index contributed by atoms with van der Waals surface area (Å²) in [5.74, 6) is 0.612. The SMILES string of the molecule is Cl.Cl.N=c1nc(N2C=CC(N3C=CC=CC3)=CC2)cc(N)n1O.O. The summed E-state index contributed by atoms with van der Waals surface area (Å²) in [5, 5.41) is 17.0. The Labute approximate surface area is 151 Å². The third-order valence-electron chi connectivity index (χ3n) is 3.31. The Balaban J connectivity index is 0.00000176. The fourth-order valence-electron chi connectivity index (χ4n) is 2.18. The van der Waals surface area contributed by atoms with Gasteiger partial charge in [-0.25, -0.2) is 0 Å². The van der Waals surface area contributed by atoms with E-state index < -0.39 is 0 Å². The van der Waals surface area contributed by atoms with E-state index in [0.717, 1.165) is 12.2 Å². The van der Waals surface area contributed by atoms with Gasteiger partial charge in [0, 0.05) is 37.3 Å². The lowest BCUT2D eigenvalue weighted by atomic mass is 10.2. The Morgan fingerprint density at radius 2 is 1.88 bits per heavy atom. The van der Waals surface area contributed by atoms with E-state index in [4.69, 9.17) is 11.1 Å². The minimum Gasteiger partial charge on any atom is -0.423 e. The molecule has 24 heavy (non-hydrogen) atoms. The van der Waals surface area contributed by atoms with Crippen LogP contribution in [0.1, 0.15) is 0 Å². The van der Waals surface area contributed by atoms with Crippen molar-refractivity contribution in [3.05, 3.63) is 60.2 Å². The first kappa shape index (κ1) is 21.6. The minimum absolute atomic E-state index is 0. The van der Waals surface area contributed by atoms with E-state index in [-0.39, 0.29) is 41.7 Å². The first-order valence-electron chi connectivity index (χ1n) is 6.53. The van der Waals surface area contributed by atoms with E-state index in [1.807, 2.05) is 35.5 Å². The molecule has 10 heteroatoms. The molecule has 6 N–H and O–H groups in total. The van der Waals surface area contributed by atoms with Crippen molar-refractivity contribution in [3.8, 4) is 0 Å². The lowest BCUT2D eigenvalue weighted by molar-refractivity contribution is 0.172. The maximum atomic E-state index is 9.41. The van der Waals surface area contributed by atoms with Crippen LogP contribution in [-0.2, 0) is 0 Å². The Bertz CT molecular complexity index is 741. The molecule has 0 aromatic carbocycles. The van der Waals surface area contributed by atoms with Crippen molar-refractivity contribution in [1.82, 2.24) is 14.6 Å². The highest BCUT2D eigenvalue weighted by molar-refractivity contribution is 5.85. The van der Waals surface area contributed by atoms with Crippen molar-refractivity contribution in [3.63, 3.8) is 0 Å². The van der Waals surface area contributed by atoms with Crippen LogP contribution in [0.4, 0.5) is 11.6 Å². The molecule has 8 nitrogen and oxygen atoms in total. The summed E-state index contributed by atoms with van der Waals surface area (Å²) >= 11 is 0. The van der Waals surface area contributed by atoms with Crippen molar-refractivity contribution >= 4 is 36.4 Å². The molecule has 0 saturated heterocycles. The van der Waals surface area contributed by atoms with Gasteiger partial charge in [-0.2, -0.15) is 4.98 Å². The molecule has 1 aromatic rings. The lowest BCUT2D eigenvalue weighted by Gasteiger charge is -2.27. The quantitative estimate of drug-likeness (QED) is 0.660. The van der Waals surface area contributed by atoms with Gasteiger partial charge in [0.05, 0.1) is 0 Å². The van der Waals surface area contributed by atoms with Gasteiger partial charge in [0.25, 0.3) is 5.62 Å². The number of rotatable bonds is 2. The van der Waals surface area contributed by atoms with Crippen molar-refractivity contribution < 1.29 is 10.7 Å². The fourth-order valence-corrected chi connectivity index (χ4v) is 2.18. The molecule has 0 radical (unpaired) electrons. The summed E-state index contributed by atoms with van der Waals surface area (Å²) in [6.45, 7) is 1.48. The average Bonchev–Trinajstić information content (AvgIpc) is 2.53. The van der Waals surface area contributed by atoms with Crippen LogP contribution in [0.15, 0.2) is 54.5 Å². The number of nitrogens with two attached hydrogens (primary N) is 1. The summed E-state index contributed by atoms with van der Waals surface area (Å²) in [4.78, 5) is 8.00. The summed E-state index contributed by atoms with van der Waals surface area (Å²) < 4.78 is 0.545. The highest BCUT2D eigenvalue weighted by atomic mass is 35.5. The lowest BCUT2D eigenvalue weighted by Crippen LogP contribution is -2.30. The van der Waals surface area contributed by atoms with Crippen LogP contribution < -0.4 is 16.3 Å². The van der Waals surface area contributed by atoms with Crippen LogP contribution in [0.3, 0.4) is 0 Å². The number of anilines is 2. The van der Waals surface area contributed by atoms with E-state index >= 15 is 0 Å². The summed E-state index contributed by atoms with van der Waals surface area (Å²) in [5.41, 5.74) is 6.45. The van der Waals surface area contributed by atoms with E-state index in [1.54, 1.807) is 0 Å². The van der Waals surface area contributed by atoms with Crippen LogP contribution in [-0.4, -0.2) is 38.4 Å². The zero-order valence-corrected chi connectivity index (χ0v) is 14.3. The van der Waals surface area contributed by atoms with Gasteiger partial charge in [0.2, 0.25) is 0 Å². The topological polar surface area (TPSA) is 126 Å². The zero-order chi connectivity index (χ0) is 14.8. The number of hydrogen-bond donors (Lipinski definition) is 3. The van der Waals surface area contributed by atoms with E-state index in [1.165, 1.54) is 6.07 Å². The van der Waals surface area contributed by atoms with Crippen molar-refractivity contribution in [2.45, 2.75) is 0 Å². The normalized spacial score (nSPS) is 15.1. The van der Waals surface area contributed by atoms with E-state index in [2.05, 4.69) is 22.0 Å². The smallest absolute Gasteiger partial charge is 0.259 e. The third-order valence-corrected chi connectivity index (χ3v) is 3.31. The summed E-state index contributed by atoms with van der Waals surface area (Å²) in [6, 6.07) is 1.53. The summed E-state index contributed by atoms with van der Waals surface area (Å²) in [6.07, 6.45) is 14.1. The van der Waals surface area contributed by atoms with Crippen LogP contribution >= 0.6 is 24.8 Å². The average molecular weight is 375 g/mol. The molecule has 0 saturated carbocycles. The highest BCUT2D eigenvalue weighted by Gasteiger charge is 2.13. The highest BCUT2D eigenvalue weighted by Crippen LogP contribution is 2.19. The second-order valence-corrected chi connectivity index (χ2v) is 4.69. The van der Waals surface area contributed by atoms with Gasteiger partial charge in [-0.05, 0) is 18.2 Å². The van der Waals surface area contributed by atoms with Crippen LogP contribution in [0, 0.1) is 5.41 Å². The molecule has 0 aliphatic carbocycles. The number of hydrogen-bond acceptors (Lipinski definition) is 6. The number of nitrogen functional groups attached to an aromatic ring is 1. The summed E-state index contributed by atoms with van der Waals surface area (Å²) in [7, 11) is 0. The number of halogens is 2. The maximum absolute atomic E-state index is 9.41. The molecule has 0 amide bonds. The fraction of sp³-hybridized carbons (Fsp3) is 0.143. The molecule has 0 atom stereocenters. The van der Waals surface area contributed by atoms with Crippen molar-refractivity contribution in [2.24, 2.45) is 0 Å². The third kappa shape index (κ3) is 4.31. The van der Waals surface area contributed by atoms with Crippen LogP contribution in [0.5, 0.6) is 0 Å². The molecule has 3 rings (SSSR count). The molecular formula is C14H20Cl2N6O2. The second kappa shape index (κ2) is 9.02.